The number of hydrogen-bond donors (Lipinski definition) is 2. The van der Waals surface area contributed by atoms with Gasteiger partial charge in [-0.25, -0.2) is 0 Å². The summed E-state index contributed by atoms with van der Waals surface area (Å²) in [5.74, 6) is 0.340. The minimum Gasteiger partial charge on any atom is -0.380 e. The Bertz CT molecular complexity index is 613. The summed E-state index contributed by atoms with van der Waals surface area (Å²) in [7, 11) is 0. The van der Waals surface area contributed by atoms with E-state index < -0.39 is 0 Å². The van der Waals surface area contributed by atoms with E-state index in [1.165, 1.54) is 0 Å². The van der Waals surface area contributed by atoms with Gasteiger partial charge in [0.2, 0.25) is 0 Å². The summed E-state index contributed by atoms with van der Waals surface area (Å²) in [5, 5.41) is 6.48. The zero-order valence-corrected chi connectivity index (χ0v) is 14.4. The Kier molecular flexibility index (Phi) is 6.01. The summed E-state index contributed by atoms with van der Waals surface area (Å²) in [5.41, 5.74) is 1.72. The molecule has 1 atom stereocenters. The fourth-order valence-corrected chi connectivity index (χ4v) is 2.61. The Morgan fingerprint density at radius 1 is 1.05 bits per heavy atom. The van der Waals surface area contributed by atoms with E-state index >= 15 is 0 Å². The van der Waals surface area contributed by atoms with Gasteiger partial charge >= 0.3 is 0 Å². The first-order valence-electron chi connectivity index (χ1n) is 7.42. The van der Waals surface area contributed by atoms with Gasteiger partial charge in [-0.1, -0.05) is 44.2 Å². The van der Waals surface area contributed by atoms with Crippen LogP contribution in [0.1, 0.15) is 24.2 Å². The molecular formula is C18H21BrN2O. The third-order valence-corrected chi connectivity index (χ3v) is 4.22. The molecule has 0 aliphatic carbocycles. The highest BCUT2D eigenvalue weighted by Crippen LogP contribution is 2.16. The van der Waals surface area contributed by atoms with Crippen molar-refractivity contribution in [2.75, 3.05) is 11.9 Å². The summed E-state index contributed by atoms with van der Waals surface area (Å²) in [6.07, 6.45) is 0. The highest BCUT2D eigenvalue weighted by molar-refractivity contribution is 9.10. The van der Waals surface area contributed by atoms with Crippen molar-refractivity contribution < 1.29 is 4.79 Å². The van der Waals surface area contributed by atoms with Crippen molar-refractivity contribution in [2.24, 2.45) is 5.92 Å². The van der Waals surface area contributed by atoms with Crippen LogP contribution in [0, 0.1) is 5.92 Å². The lowest BCUT2D eigenvalue weighted by molar-refractivity contribution is 0.0949. The highest BCUT2D eigenvalue weighted by atomic mass is 79.9. The first kappa shape index (κ1) is 16.6. The molecule has 116 valence electrons. The zero-order chi connectivity index (χ0) is 15.9. The van der Waals surface area contributed by atoms with Gasteiger partial charge in [0.15, 0.2) is 0 Å². The topological polar surface area (TPSA) is 41.1 Å². The van der Waals surface area contributed by atoms with Gasteiger partial charge in [-0.05, 0) is 46.1 Å². The van der Waals surface area contributed by atoms with Crippen molar-refractivity contribution in [1.82, 2.24) is 5.32 Å². The number of halogens is 1. The predicted molar refractivity (Wildman–Crippen MR) is 95.2 cm³/mol. The first-order chi connectivity index (χ1) is 10.6. The molecule has 2 aromatic rings. The van der Waals surface area contributed by atoms with Crippen LogP contribution in [0.5, 0.6) is 0 Å². The second-order valence-corrected chi connectivity index (χ2v) is 6.41. The molecule has 2 N–H and O–H groups in total. The molecule has 0 saturated carbocycles. The van der Waals surface area contributed by atoms with Gasteiger partial charge < -0.3 is 10.6 Å². The molecule has 1 unspecified atom stereocenters. The van der Waals surface area contributed by atoms with E-state index in [-0.39, 0.29) is 11.9 Å². The molecular weight excluding hydrogens is 340 g/mol. The van der Waals surface area contributed by atoms with Crippen LogP contribution < -0.4 is 10.6 Å². The van der Waals surface area contributed by atoms with E-state index in [2.05, 4.69) is 40.4 Å². The molecule has 0 aliphatic rings. The van der Waals surface area contributed by atoms with E-state index in [9.17, 15) is 4.79 Å². The summed E-state index contributed by atoms with van der Waals surface area (Å²) in [6.45, 7) is 4.86. The monoisotopic (exact) mass is 360 g/mol. The van der Waals surface area contributed by atoms with Gasteiger partial charge in [-0.3, -0.25) is 4.79 Å². The summed E-state index contributed by atoms with van der Waals surface area (Å²) in [4.78, 5) is 12.3. The smallest absolute Gasteiger partial charge is 0.252 e. The number of nitrogens with one attached hydrogen (secondary N) is 2. The fraction of sp³-hybridized carbons (Fsp3) is 0.278. The first-order valence-corrected chi connectivity index (χ1v) is 8.21. The number of hydrogen-bond acceptors (Lipinski definition) is 2. The fourth-order valence-electron chi connectivity index (χ4n) is 2.15. The Morgan fingerprint density at radius 2 is 1.68 bits per heavy atom. The number of amides is 1. The van der Waals surface area contributed by atoms with Crippen LogP contribution in [0.3, 0.4) is 0 Å². The van der Waals surface area contributed by atoms with E-state index in [0.29, 0.717) is 18.0 Å². The van der Waals surface area contributed by atoms with Crippen molar-refractivity contribution >= 4 is 27.5 Å². The third kappa shape index (κ3) is 4.60. The van der Waals surface area contributed by atoms with Crippen LogP contribution in [-0.2, 0) is 0 Å². The maximum Gasteiger partial charge on any atom is 0.252 e. The minimum absolute atomic E-state index is 0.0620. The van der Waals surface area contributed by atoms with Crippen molar-refractivity contribution in [1.29, 1.82) is 0 Å². The largest absolute Gasteiger partial charge is 0.380 e. The van der Waals surface area contributed by atoms with Gasteiger partial charge in [0.25, 0.3) is 5.91 Å². The van der Waals surface area contributed by atoms with Gasteiger partial charge in [0.05, 0.1) is 5.56 Å². The summed E-state index contributed by atoms with van der Waals surface area (Å²) >= 11 is 3.41. The quantitative estimate of drug-likeness (QED) is 0.805. The number of para-hydroxylation sites is 1. The molecule has 0 saturated heterocycles. The van der Waals surface area contributed by atoms with Crippen molar-refractivity contribution in [3.63, 3.8) is 0 Å². The molecule has 2 aromatic carbocycles. The van der Waals surface area contributed by atoms with E-state index in [1.807, 2.05) is 54.6 Å². The lowest BCUT2D eigenvalue weighted by atomic mass is 10.0. The molecule has 0 fully saturated rings. The predicted octanol–water partition coefficient (Wildman–Crippen LogP) is 4.32. The second-order valence-electron chi connectivity index (χ2n) is 5.55. The van der Waals surface area contributed by atoms with Crippen LogP contribution in [0.25, 0.3) is 0 Å². The number of anilines is 1. The van der Waals surface area contributed by atoms with Gasteiger partial charge in [0, 0.05) is 22.7 Å². The van der Waals surface area contributed by atoms with Crippen LogP contribution in [-0.4, -0.2) is 18.5 Å². The number of benzene rings is 2. The van der Waals surface area contributed by atoms with E-state index in [0.717, 1.165) is 10.2 Å². The molecule has 0 aliphatic heterocycles. The van der Waals surface area contributed by atoms with E-state index in [4.69, 9.17) is 0 Å². The molecule has 0 heterocycles. The standard InChI is InChI=1S/C18H21BrN2O/c1-13(2)17(21-14-8-4-3-5-9-14)12-20-18(22)15-10-6-7-11-16(15)19/h3-11,13,17,21H,12H2,1-2H3,(H,20,22). The zero-order valence-electron chi connectivity index (χ0n) is 12.8. The molecule has 0 bridgehead atoms. The molecule has 0 radical (unpaired) electrons. The second kappa shape index (κ2) is 7.99. The Labute approximate surface area is 140 Å². The average molecular weight is 361 g/mol. The van der Waals surface area contributed by atoms with Crippen LogP contribution >= 0.6 is 15.9 Å². The Morgan fingerprint density at radius 3 is 2.32 bits per heavy atom. The van der Waals surface area contributed by atoms with Gasteiger partial charge in [0.1, 0.15) is 0 Å². The lowest BCUT2D eigenvalue weighted by Gasteiger charge is -2.24. The number of carbonyl (C=O) groups excluding carboxylic acids is 1. The van der Waals surface area contributed by atoms with Crippen molar-refractivity contribution in [3.8, 4) is 0 Å². The summed E-state index contributed by atoms with van der Waals surface area (Å²) < 4.78 is 0.810. The maximum absolute atomic E-state index is 12.3. The molecule has 0 spiro atoms. The molecule has 2 rings (SSSR count). The Hall–Kier alpha value is -1.81. The number of rotatable bonds is 6. The molecule has 1 amide bonds. The molecule has 22 heavy (non-hydrogen) atoms. The summed E-state index contributed by atoms with van der Waals surface area (Å²) in [6, 6.07) is 17.7. The van der Waals surface area contributed by atoms with Crippen LogP contribution in [0.4, 0.5) is 5.69 Å². The van der Waals surface area contributed by atoms with Gasteiger partial charge in [-0.15, -0.1) is 0 Å². The maximum atomic E-state index is 12.3. The Balaban J connectivity index is 1.97. The van der Waals surface area contributed by atoms with E-state index in [1.54, 1.807) is 0 Å². The van der Waals surface area contributed by atoms with Crippen molar-refractivity contribution in [3.05, 3.63) is 64.6 Å². The molecule has 0 aromatic heterocycles. The van der Waals surface area contributed by atoms with Crippen LogP contribution in [0.2, 0.25) is 0 Å². The minimum atomic E-state index is -0.0620. The van der Waals surface area contributed by atoms with Gasteiger partial charge in [-0.2, -0.15) is 0 Å². The highest BCUT2D eigenvalue weighted by Gasteiger charge is 2.16. The molecule has 4 heteroatoms. The third-order valence-electron chi connectivity index (χ3n) is 3.53. The normalized spacial score (nSPS) is 12.0. The van der Waals surface area contributed by atoms with Crippen LogP contribution in [0.15, 0.2) is 59.1 Å². The lowest BCUT2D eigenvalue weighted by Crippen LogP contribution is -2.39. The van der Waals surface area contributed by atoms with Crippen molar-refractivity contribution in [2.45, 2.75) is 19.9 Å². The average Bonchev–Trinajstić information content (AvgIpc) is 2.52. The SMILES string of the molecule is CC(C)C(CNC(=O)c1ccccc1Br)Nc1ccccc1. The molecule has 3 nitrogen and oxygen atoms in total. The number of carbonyl (C=O) groups is 1.